The molecule has 0 spiro atoms. The fourth-order valence-corrected chi connectivity index (χ4v) is 6.15. The number of benzene rings is 2. The molecule has 0 saturated carbocycles. The lowest BCUT2D eigenvalue weighted by Gasteiger charge is -2.21. The summed E-state index contributed by atoms with van der Waals surface area (Å²) in [5, 5.41) is 1.39. The van der Waals surface area contributed by atoms with E-state index >= 15 is 0 Å². The number of hydrogen-bond acceptors (Lipinski definition) is 5. The predicted octanol–water partition coefficient (Wildman–Crippen LogP) is 7.65. The Balaban J connectivity index is 2.17. The number of nitrogens with zero attached hydrogens (tertiary/aromatic N) is 1. The van der Waals surface area contributed by atoms with Gasteiger partial charge in [0.1, 0.15) is 11.5 Å². The van der Waals surface area contributed by atoms with Gasteiger partial charge in [-0.2, -0.15) is 3.71 Å². The zero-order chi connectivity index (χ0) is 24.8. The lowest BCUT2D eigenvalue weighted by molar-refractivity contribution is 0.326. The summed E-state index contributed by atoms with van der Waals surface area (Å²) in [5.74, 6) is 1.37. The van der Waals surface area contributed by atoms with Crippen molar-refractivity contribution in [3.63, 3.8) is 0 Å². The number of alkyl halides is 2. The Morgan fingerprint density at radius 2 is 1.38 bits per heavy atom. The van der Waals surface area contributed by atoms with Crippen LogP contribution in [0.5, 0.6) is 11.5 Å². The average Bonchev–Trinajstić information content (AvgIpc) is 2.85. The number of ether oxygens (including phenoxy) is 1. The second kappa shape index (κ2) is 16.8. The second-order valence-corrected chi connectivity index (χ2v) is 10.9. The van der Waals surface area contributed by atoms with Gasteiger partial charge < -0.3 is 4.74 Å². The van der Waals surface area contributed by atoms with Crippen LogP contribution >= 0.6 is 31.9 Å². The molecule has 0 aromatic heterocycles. The molecule has 6 nitrogen and oxygen atoms in total. The van der Waals surface area contributed by atoms with Crippen molar-refractivity contribution in [3.8, 4) is 11.5 Å². The first kappa shape index (κ1) is 29.5. The van der Waals surface area contributed by atoms with Crippen LogP contribution in [0.25, 0.3) is 0 Å². The van der Waals surface area contributed by atoms with E-state index < -0.39 is 22.5 Å². The van der Waals surface area contributed by atoms with Crippen LogP contribution in [-0.4, -0.2) is 21.6 Å². The molecular weight excluding hydrogens is 606 g/mol. The van der Waals surface area contributed by atoms with Gasteiger partial charge in [-0.05, 0) is 48.7 Å². The molecule has 2 aromatic rings. The lowest BCUT2D eigenvalue weighted by Crippen LogP contribution is -2.31. The molecule has 0 saturated heterocycles. The van der Waals surface area contributed by atoms with Gasteiger partial charge in [0, 0.05) is 16.2 Å². The van der Waals surface area contributed by atoms with Crippen LogP contribution in [0.15, 0.2) is 42.5 Å². The highest BCUT2D eigenvalue weighted by molar-refractivity contribution is 9.09. The highest BCUT2D eigenvalue weighted by Crippen LogP contribution is 2.32. The smallest absolute Gasteiger partial charge is 0.278 e. The van der Waals surface area contributed by atoms with Gasteiger partial charge in [-0.15, -0.1) is 0 Å². The summed E-state index contributed by atoms with van der Waals surface area (Å²) in [5.41, 5.74) is 2.67. The third kappa shape index (κ3) is 9.35. The first-order valence-corrected chi connectivity index (χ1v) is 15.8. The van der Waals surface area contributed by atoms with Crippen LogP contribution in [-0.2, 0) is 41.6 Å². The molecule has 0 aliphatic carbocycles. The van der Waals surface area contributed by atoms with Gasteiger partial charge >= 0.3 is 0 Å². The largest absolute Gasteiger partial charge is 0.457 e. The van der Waals surface area contributed by atoms with E-state index in [0.29, 0.717) is 30.0 Å². The summed E-state index contributed by atoms with van der Waals surface area (Å²) in [7, 11) is 0. The zero-order valence-electron chi connectivity index (χ0n) is 19.7. The molecule has 190 valence electrons. The van der Waals surface area contributed by atoms with E-state index in [1.165, 1.54) is 0 Å². The molecule has 2 atom stereocenters. The first-order chi connectivity index (χ1) is 16.5. The number of halogens is 2. The van der Waals surface area contributed by atoms with Crippen LogP contribution in [0.3, 0.4) is 0 Å². The SMILES string of the molecule is CCCCCOS(=O)N(c1ccc(Oc2cccc(CBr)c2CBr)cc1)S(=O)OCCCCC. The van der Waals surface area contributed by atoms with Crippen LogP contribution in [0, 0.1) is 0 Å². The van der Waals surface area contributed by atoms with E-state index in [1.54, 1.807) is 24.3 Å². The van der Waals surface area contributed by atoms with Gasteiger partial charge in [0.25, 0.3) is 22.5 Å². The molecule has 0 aliphatic rings. The molecule has 0 N–H and O–H groups in total. The Morgan fingerprint density at radius 3 is 1.88 bits per heavy atom. The minimum absolute atomic E-state index is 0.324. The number of anilines is 1. The van der Waals surface area contributed by atoms with Crippen molar-refractivity contribution in [1.82, 2.24) is 0 Å². The van der Waals surface area contributed by atoms with Crippen LogP contribution in [0.1, 0.15) is 63.5 Å². The van der Waals surface area contributed by atoms with E-state index in [1.807, 2.05) is 18.2 Å². The molecule has 2 unspecified atom stereocenters. The number of unbranched alkanes of at least 4 members (excludes halogenated alkanes) is 4. The molecule has 10 heteroatoms. The monoisotopic (exact) mass is 637 g/mol. The lowest BCUT2D eigenvalue weighted by atomic mass is 10.1. The molecule has 2 rings (SSSR count). The quantitative estimate of drug-likeness (QED) is 0.132. The zero-order valence-corrected chi connectivity index (χ0v) is 24.5. The van der Waals surface area contributed by atoms with Crippen LogP contribution < -0.4 is 8.45 Å². The normalized spacial score (nSPS) is 12.9. The Kier molecular flexibility index (Phi) is 14.6. The molecular formula is C24H33Br2NO5S2. The fraction of sp³-hybridized carbons (Fsp3) is 0.500. The highest BCUT2D eigenvalue weighted by Gasteiger charge is 2.24. The van der Waals surface area contributed by atoms with Gasteiger partial charge in [-0.1, -0.05) is 83.5 Å². The molecule has 2 aromatic carbocycles. The van der Waals surface area contributed by atoms with Crippen molar-refractivity contribution >= 4 is 60.1 Å². The van der Waals surface area contributed by atoms with Gasteiger partial charge in [0.2, 0.25) is 0 Å². The summed E-state index contributed by atoms with van der Waals surface area (Å²) in [6, 6.07) is 12.8. The van der Waals surface area contributed by atoms with E-state index in [-0.39, 0.29) is 0 Å². The van der Waals surface area contributed by atoms with Crippen molar-refractivity contribution in [2.45, 2.75) is 63.0 Å². The molecule has 0 radical (unpaired) electrons. The standard InChI is InChI=1S/C24H33Br2NO5S2/c1-3-5-7-16-30-33(28)27(34(29)31-17-8-6-4-2)21-12-14-22(15-13-21)32-24-11-9-10-20(18-25)23(24)19-26/h9-15H,3-8,16-19H2,1-2H3. The average molecular weight is 639 g/mol. The third-order valence-electron chi connectivity index (χ3n) is 4.92. The predicted molar refractivity (Wildman–Crippen MR) is 148 cm³/mol. The topological polar surface area (TPSA) is 65.1 Å². The maximum Gasteiger partial charge on any atom is 0.278 e. The molecule has 0 fully saturated rings. The van der Waals surface area contributed by atoms with Crippen LogP contribution in [0.2, 0.25) is 0 Å². The first-order valence-electron chi connectivity index (χ1n) is 11.5. The van der Waals surface area contributed by atoms with Crippen molar-refractivity contribution in [2.24, 2.45) is 0 Å². The maximum absolute atomic E-state index is 12.9. The third-order valence-corrected chi connectivity index (χ3v) is 8.51. The summed E-state index contributed by atoms with van der Waals surface area (Å²) in [6.45, 7) is 4.82. The van der Waals surface area contributed by atoms with Gasteiger partial charge in [0.15, 0.2) is 0 Å². The molecule has 0 amide bonds. The Bertz CT molecular complexity index is 891. The summed E-state index contributed by atoms with van der Waals surface area (Å²) in [4.78, 5) is 0. The van der Waals surface area contributed by atoms with Gasteiger partial charge in [0.05, 0.1) is 18.9 Å². The van der Waals surface area contributed by atoms with Crippen molar-refractivity contribution < 1.29 is 21.5 Å². The van der Waals surface area contributed by atoms with Crippen LogP contribution in [0.4, 0.5) is 5.69 Å². The van der Waals surface area contributed by atoms with Gasteiger partial charge in [-0.25, -0.2) is 8.42 Å². The highest BCUT2D eigenvalue weighted by atomic mass is 79.9. The Morgan fingerprint density at radius 1 is 0.794 bits per heavy atom. The minimum atomic E-state index is -1.95. The van der Waals surface area contributed by atoms with Gasteiger partial charge in [-0.3, -0.25) is 8.37 Å². The minimum Gasteiger partial charge on any atom is -0.457 e. The maximum atomic E-state index is 12.9. The second-order valence-electron chi connectivity index (χ2n) is 7.51. The Labute approximate surface area is 225 Å². The summed E-state index contributed by atoms with van der Waals surface area (Å²) in [6.07, 6.45) is 5.59. The summed E-state index contributed by atoms with van der Waals surface area (Å²) >= 11 is 3.15. The number of hydrogen-bond donors (Lipinski definition) is 0. The van der Waals surface area contributed by atoms with E-state index in [4.69, 9.17) is 13.1 Å². The van der Waals surface area contributed by atoms with E-state index in [0.717, 1.165) is 64.4 Å². The molecule has 0 heterocycles. The molecule has 34 heavy (non-hydrogen) atoms. The van der Waals surface area contributed by atoms with Crippen molar-refractivity contribution in [3.05, 3.63) is 53.6 Å². The fourth-order valence-electron chi connectivity index (χ4n) is 3.03. The van der Waals surface area contributed by atoms with E-state index in [2.05, 4.69) is 45.7 Å². The molecule has 0 bridgehead atoms. The van der Waals surface area contributed by atoms with Crippen molar-refractivity contribution in [1.29, 1.82) is 0 Å². The molecule has 0 aliphatic heterocycles. The summed E-state index contributed by atoms with van der Waals surface area (Å²) < 4.78 is 43.9. The number of rotatable bonds is 17. The van der Waals surface area contributed by atoms with E-state index in [9.17, 15) is 8.42 Å². The Hall–Kier alpha value is -0.780. The van der Waals surface area contributed by atoms with Crippen molar-refractivity contribution in [2.75, 3.05) is 16.9 Å².